The molecule has 0 spiro atoms. The van der Waals surface area contributed by atoms with Crippen molar-refractivity contribution in [1.29, 1.82) is 0 Å². The molecule has 1 aliphatic heterocycles. The van der Waals surface area contributed by atoms with Crippen molar-refractivity contribution in [3.05, 3.63) is 10.6 Å². The van der Waals surface area contributed by atoms with Crippen LogP contribution in [0.2, 0.25) is 0 Å². The van der Waals surface area contributed by atoms with Gasteiger partial charge in [0.25, 0.3) is 0 Å². The number of morpholine rings is 1. The predicted octanol–water partition coefficient (Wildman–Crippen LogP) is 1.72. The van der Waals surface area contributed by atoms with E-state index in [4.69, 9.17) is 10.5 Å². The summed E-state index contributed by atoms with van der Waals surface area (Å²) in [7, 11) is 0. The normalized spacial score (nSPS) is 20.9. The standard InChI is InChI=1S/C11H16F3N3OS/c1-7-8(2-3-15)19-10(16-7)17-4-5-18-9(6-17)11(12,13)14/h9H,2-6,15H2,1H3/t9-/m1/s1. The van der Waals surface area contributed by atoms with Gasteiger partial charge in [0, 0.05) is 11.4 Å². The molecule has 8 heteroatoms. The molecule has 1 atom stereocenters. The molecule has 1 saturated heterocycles. The Hall–Kier alpha value is -0.860. The first-order valence-corrected chi connectivity index (χ1v) is 6.83. The van der Waals surface area contributed by atoms with Gasteiger partial charge in [-0.1, -0.05) is 0 Å². The number of hydrogen-bond donors (Lipinski definition) is 1. The third kappa shape index (κ3) is 3.37. The van der Waals surface area contributed by atoms with Gasteiger partial charge in [-0.3, -0.25) is 0 Å². The van der Waals surface area contributed by atoms with E-state index in [-0.39, 0.29) is 13.2 Å². The lowest BCUT2D eigenvalue weighted by atomic mass is 10.3. The Balaban J connectivity index is 2.11. The van der Waals surface area contributed by atoms with Crippen LogP contribution in [-0.4, -0.2) is 43.5 Å². The molecule has 0 unspecified atom stereocenters. The van der Waals surface area contributed by atoms with Crippen LogP contribution in [0.15, 0.2) is 0 Å². The first-order valence-electron chi connectivity index (χ1n) is 6.01. The van der Waals surface area contributed by atoms with Crippen LogP contribution in [0.4, 0.5) is 18.3 Å². The number of hydrogen-bond acceptors (Lipinski definition) is 5. The molecule has 4 nitrogen and oxygen atoms in total. The van der Waals surface area contributed by atoms with Gasteiger partial charge >= 0.3 is 6.18 Å². The van der Waals surface area contributed by atoms with E-state index in [1.807, 2.05) is 6.92 Å². The fraction of sp³-hybridized carbons (Fsp3) is 0.727. The zero-order chi connectivity index (χ0) is 14.0. The number of nitrogens with two attached hydrogens (primary N) is 1. The van der Waals surface area contributed by atoms with Gasteiger partial charge in [0.2, 0.25) is 0 Å². The second-order valence-corrected chi connectivity index (χ2v) is 5.45. The van der Waals surface area contributed by atoms with Crippen molar-refractivity contribution in [3.63, 3.8) is 0 Å². The quantitative estimate of drug-likeness (QED) is 0.922. The fourth-order valence-electron chi connectivity index (χ4n) is 1.93. The van der Waals surface area contributed by atoms with Crippen LogP contribution >= 0.6 is 11.3 Å². The highest BCUT2D eigenvalue weighted by atomic mass is 32.1. The van der Waals surface area contributed by atoms with Crippen molar-refractivity contribution in [3.8, 4) is 0 Å². The van der Waals surface area contributed by atoms with Gasteiger partial charge in [0.15, 0.2) is 11.2 Å². The highest BCUT2D eigenvalue weighted by molar-refractivity contribution is 7.15. The summed E-state index contributed by atoms with van der Waals surface area (Å²) in [5.41, 5.74) is 6.34. The first kappa shape index (κ1) is 14.5. The van der Waals surface area contributed by atoms with Crippen molar-refractivity contribution in [2.45, 2.75) is 25.6 Å². The summed E-state index contributed by atoms with van der Waals surface area (Å²) in [4.78, 5) is 7.01. The van der Waals surface area contributed by atoms with Crippen molar-refractivity contribution >= 4 is 16.5 Å². The minimum atomic E-state index is -4.33. The Morgan fingerprint density at radius 2 is 2.26 bits per heavy atom. The van der Waals surface area contributed by atoms with E-state index in [0.717, 1.165) is 10.6 Å². The summed E-state index contributed by atoms with van der Waals surface area (Å²) in [6.07, 6.45) is -5.36. The molecule has 0 saturated carbocycles. The van der Waals surface area contributed by atoms with E-state index in [1.165, 1.54) is 11.3 Å². The summed E-state index contributed by atoms with van der Waals surface area (Å²) in [5, 5.41) is 0.624. The van der Waals surface area contributed by atoms with E-state index in [0.29, 0.717) is 24.6 Å². The molecule has 2 heterocycles. The van der Waals surface area contributed by atoms with Gasteiger partial charge in [0.05, 0.1) is 18.8 Å². The number of rotatable bonds is 3. The summed E-state index contributed by atoms with van der Waals surface area (Å²) >= 11 is 1.42. The summed E-state index contributed by atoms with van der Waals surface area (Å²) < 4.78 is 42.7. The third-order valence-electron chi connectivity index (χ3n) is 2.95. The smallest absolute Gasteiger partial charge is 0.365 e. The molecule has 0 aromatic carbocycles. The summed E-state index contributed by atoms with van der Waals surface area (Å²) in [6.45, 7) is 2.67. The number of anilines is 1. The molecule has 0 bridgehead atoms. The van der Waals surface area contributed by atoms with Gasteiger partial charge < -0.3 is 15.4 Å². The molecule has 19 heavy (non-hydrogen) atoms. The Morgan fingerprint density at radius 1 is 1.53 bits per heavy atom. The number of aryl methyl sites for hydroxylation is 1. The molecule has 1 aromatic rings. The van der Waals surface area contributed by atoms with Crippen molar-refractivity contribution in [2.75, 3.05) is 31.1 Å². The number of thiazole rings is 1. The fourth-order valence-corrected chi connectivity index (χ4v) is 3.04. The molecule has 108 valence electrons. The maximum atomic E-state index is 12.7. The van der Waals surface area contributed by atoms with Crippen molar-refractivity contribution < 1.29 is 17.9 Å². The number of alkyl halides is 3. The molecule has 1 fully saturated rings. The molecule has 0 aliphatic carbocycles. The Bertz CT molecular complexity index is 435. The molecular formula is C11H16F3N3OS. The zero-order valence-electron chi connectivity index (χ0n) is 10.5. The Morgan fingerprint density at radius 3 is 2.89 bits per heavy atom. The maximum absolute atomic E-state index is 12.7. The second-order valence-electron chi connectivity index (χ2n) is 4.39. The molecule has 1 aromatic heterocycles. The van der Waals surface area contributed by atoms with E-state index in [1.54, 1.807) is 4.90 Å². The van der Waals surface area contributed by atoms with E-state index in [9.17, 15) is 13.2 Å². The largest absolute Gasteiger partial charge is 0.416 e. The molecule has 2 rings (SSSR count). The van der Waals surface area contributed by atoms with Gasteiger partial charge in [-0.15, -0.1) is 11.3 Å². The van der Waals surface area contributed by atoms with Gasteiger partial charge in [-0.2, -0.15) is 13.2 Å². The third-order valence-corrected chi connectivity index (χ3v) is 4.23. The number of halogens is 3. The highest BCUT2D eigenvalue weighted by Gasteiger charge is 2.43. The van der Waals surface area contributed by atoms with Crippen LogP contribution in [0.1, 0.15) is 10.6 Å². The SMILES string of the molecule is Cc1nc(N2CCO[C@@H](C(F)(F)F)C2)sc1CCN. The average molecular weight is 295 g/mol. The summed E-state index contributed by atoms with van der Waals surface area (Å²) in [5.74, 6) is 0. The molecule has 0 radical (unpaired) electrons. The predicted molar refractivity (Wildman–Crippen MR) is 67.6 cm³/mol. The van der Waals surface area contributed by atoms with Gasteiger partial charge in [0.1, 0.15) is 0 Å². The van der Waals surface area contributed by atoms with E-state index in [2.05, 4.69) is 4.98 Å². The lowest BCUT2D eigenvalue weighted by Crippen LogP contribution is -2.49. The van der Waals surface area contributed by atoms with E-state index < -0.39 is 12.3 Å². The van der Waals surface area contributed by atoms with Gasteiger partial charge in [-0.25, -0.2) is 4.98 Å². The number of ether oxygens (including phenoxy) is 1. The highest BCUT2D eigenvalue weighted by Crippen LogP contribution is 2.31. The molecule has 2 N–H and O–H groups in total. The van der Waals surface area contributed by atoms with Crippen LogP contribution < -0.4 is 10.6 Å². The van der Waals surface area contributed by atoms with Gasteiger partial charge in [-0.05, 0) is 19.9 Å². The van der Waals surface area contributed by atoms with Crippen LogP contribution in [0.3, 0.4) is 0 Å². The lowest BCUT2D eigenvalue weighted by Gasteiger charge is -2.33. The topological polar surface area (TPSA) is 51.4 Å². The van der Waals surface area contributed by atoms with Crippen LogP contribution in [-0.2, 0) is 11.2 Å². The lowest BCUT2D eigenvalue weighted by molar-refractivity contribution is -0.221. The minimum Gasteiger partial charge on any atom is -0.365 e. The van der Waals surface area contributed by atoms with Crippen molar-refractivity contribution in [1.82, 2.24) is 4.98 Å². The van der Waals surface area contributed by atoms with Crippen LogP contribution in [0.5, 0.6) is 0 Å². The zero-order valence-corrected chi connectivity index (χ0v) is 11.4. The van der Waals surface area contributed by atoms with Crippen LogP contribution in [0.25, 0.3) is 0 Å². The van der Waals surface area contributed by atoms with Crippen molar-refractivity contribution in [2.24, 2.45) is 5.73 Å². The monoisotopic (exact) mass is 295 g/mol. The number of nitrogens with zero attached hydrogens (tertiary/aromatic N) is 2. The summed E-state index contributed by atoms with van der Waals surface area (Å²) in [6, 6.07) is 0. The second kappa shape index (κ2) is 5.64. The molecule has 0 amide bonds. The maximum Gasteiger partial charge on any atom is 0.416 e. The molecule has 1 aliphatic rings. The Labute approximate surface area is 113 Å². The molecular weight excluding hydrogens is 279 g/mol. The number of aromatic nitrogens is 1. The Kier molecular flexibility index (Phi) is 4.32. The van der Waals surface area contributed by atoms with E-state index >= 15 is 0 Å². The first-order chi connectivity index (χ1) is 8.91. The average Bonchev–Trinajstić information content (AvgIpc) is 2.71. The van der Waals surface area contributed by atoms with Crippen LogP contribution in [0, 0.1) is 6.92 Å². The minimum absolute atomic E-state index is 0.0645.